The van der Waals surface area contributed by atoms with Crippen LogP contribution in [0.4, 0.5) is 0 Å². The van der Waals surface area contributed by atoms with Gasteiger partial charge in [-0.1, -0.05) is 6.07 Å². The van der Waals surface area contributed by atoms with Crippen LogP contribution in [0, 0.1) is 11.3 Å². The fourth-order valence-corrected chi connectivity index (χ4v) is 1.54. The maximum absolute atomic E-state index is 10.5. The van der Waals surface area contributed by atoms with Gasteiger partial charge in [0.05, 0.1) is 18.1 Å². The zero-order chi connectivity index (χ0) is 10.6. The number of thioether (sulfide) groups is 1. The highest BCUT2D eigenvalue weighted by atomic mass is 32.2. The molecule has 0 radical (unpaired) electrons. The standard InChI is InChI=1S/C10H9NO2S/c1-14-9-3-2-7(5-10(12)13)8(4-9)6-11/h2-4H,5H2,1H3,(H,12,13). The zero-order valence-electron chi connectivity index (χ0n) is 7.65. The molecular weight excluding hydrogens is 198 g/mol. The number of hydrogen-bond acceptors (Lipinski definition) is 3. The lowest BCUT2D eigenvalue weighted by Gasteiger charge is -2.02. The lowest BCUT2D eigenvalue weighted by Crippen LogP contribution is -2.02. The van der Waals surface area contributed by atoms with Crippen molar-refractivity contribution in [3.05, 3.63) is 29.3 Å². The number of hydrogen-bond donors (Lipinski definition) is 1. The van der Waals surface area contributed by atoms with Gasteiger partial charge in [-0.15, -0.1) is 11.8 Å². The van der Waals surface area contributed by atoms with Gasteiger partial charge in [0.1, 0.15) is 0 Å². The Hall–Kier alpha value is -1.47. The molecule has 0 atom stereocenters. The molecule has 14 heavy (non-hydrogen) atoms. The van der Waals surface area contributed by atoms with Gasteiger partial charge in [-0.05, 0) is 24.0 Å². The summed E-state index contributed by atoms with van der Waals surface area (Å²) in [6, 6.07) is 7.23. The van der Waals surface area contributed by atoms with Crippen molar-refractivity contribution in [1.29, 1.82) is 5.26 Å². The van der Waals surface area contributed by atoms with Crippen LogP contribution in [0.1, 0.15) is 11.1 Å². The first-order valence-corrected chi connectivity index (χ1v) is 5.18. The number of nitriles is 1. The number of carbonyl (C=O) groups is 1. The van der Waals surface area contributed by atoms with Crippen LogP contribution in [-0.4, -0.2) is 17.3 Å². The van der Waals surface area contributed by atoms with E-state index in [1.54, 1.807) is 12.1 Å². The van der Waals surface area contributed by atoms with Crippen LogP contribution < -0.4 is 0 Å². The van der Waals surface area contributed by atoms with Gasteiger partial charge in [-0.3, -0.25) is 4.79 Å². The molecule has 0 amide bonds. The molecule has 0 aliphatic heterocycles. The molecule has 0 bridgehead atoms. The number of rotatable bonds is 3. The third-order valence-electron chi connectivity index (χ3n) is 1.78. The molecule has 4 heteroatoms. The molecule has 0 saturated carbocycles. The number of carboxylic acids is 1. The Morgan fingerprint density at radius 2 is 2.36 bits per heavy atom. The second kappa shape index (κ2) is 4.68. The first-order chi connectivity index (χ1) is 6.67. The van der Waals surface area contributed by atoms with E-state index in [4.69, 9.17) is 10.4 Å². The molecule has 72 valence electrons. The smallest absolute Gasteiger partial charge is 0.307 e. The Balaban J connectivity index is 3.07. The molecule has 1 aromatic carbocycles. The molecule has 1 N–H and O–H groups in total. The highest BCUT2D eigenvalue weighted by Crippen LogP contribution is 2.19. The van der Waals surface area contributed by atoms with Crippen LogP contribution in [0.2, 0.25) is 0 Å². The molecule has 0 unspecified atom stereocenters. The zero-order valence-corrected chi connectivity index (χ0v) is 8.47. The molecule has 1 rings (SSSR count). The molecule has 0 spiro atoms. The molecular formula is C10H9NO2S. The van der Waals surface area contributed by atoms with Crippen LogP contribution in [0.3, 0.4) is 0 Å². The van der Waals surface area contributed by atoms with Gasteiger partial charge in [0, 0.05) is 4.90 Å². The summed E-state index contributed by atoms with van der Waals surface area (Å²) in [5, 5.41) is 17.4. The van der Waals surface area contributed by atoms with E-state index in [0.717, 1.165) is 4.90 Å². The predicted octanol–water partition coefficient (Wildman–Crippen LogP) is 1.91. The normalized spacial score (nSPS) is 9.43. The fraction of sp³-hybridized carbons (Fsp3) is 0.200. The van der Waals surface area contributed by atoms with Crippen molar-refractivity contribution in [3.63, 3.8) is 0 Å². The van der Waals surface area contributed by atoms with Gasteiger partial charge in [0.2, 0.25) is 0 Å². The van der Waals surface area contributed by atoms with E-state index < -0.39 is 5.97 Å². The van der Waals surface area contributed by atoms with Crippen LogP contribution in [0.5, 0.6) is 0 Å². The largest absolute Gasteiger partial charge is 0.481 e. The lowest BCUT2D eigenvalue weighted by molar-refractivity contribution is -0.136. The topological polar surface area (TPSA) is 61.1 Å². The van der Waals surface area contributed by atoms with Crippen molar-refractivity contribution in [3.8, 4) is 6.07 Å². The summed E-state index contributed by atoms with van der Waals surface area (Å²) in [6.07, 6.45) is 1.81. The maximum atomic E-state index is 10.5. The van der Waals surface area contributed by atoms with Crippen LogP contribution in [0.25, 0.3) is 0 Å². The number of aliphatic carboxylic acids is 1. The number of carboxylic acid groups (broad SMARTS) is 1. The molecule has 3 nitrogen and oxygen atoms in total. The minimum absolute atomic E-state index is 0.0996. The van der Waals surface area contributed by atoms with E-state index in [1.807, 2.05) is 18.4 Å². The Morgan fingerprint density at radius 1 is 1.64 bits per heavy atom. The second-order valence-electron chi connectivity index (χ2n) is 2.71. The molecule has 0 aliphatic carbocycles. The maximum Gasteiger partial charge on any atom is 0.307 e. The first kappa shape index (κ1) is 10.6. The average Bonchev–Trinajstić information content (AvgIpc) is 2.17. The average molecular weight is 207 g/mol. The van der Waals surface area contributed by atoms with Crippen molar-refractivity contribution >= 4 is 17.7 Å². The lowest BCUT2D eigenvalue weighted by atomic mass is 10.1. The van der Waals surface area contributed by atoms with E-state index in [-0.39, 0.29) is 6.42 Å². The van der Waals surface area contributed by atoms with Crippen molar-refractivity contribution in [2.45, 2.75) is 11.3 Å². The fourth-order valence-electron chi connectivity index (χ4n) is 1.10. The van der Waals surface area contributed by atoms with Crippen molar-refractivity contribution in [1.82, 2.24) is 0 Å². The van der Waals surface area contributed by atoms with Gasteiger partial charge in [-0.2, -0.15) is 5.26 Å². The Bertz CT molecular complexity index is 396. The van der Waals surface area contributed by atoms with Crippen LogP contribution in [-0.2, 0) is 11.2 Å². The molecule has 0 heterocycles. The van der Waals surface area contributed by atoms with Gasteiger partial charge in [0.15, 0.2) is 0 Å². The van der Waals surface area contributed by atoms with Gasteiger partial charge in [-0.25, -0.2) is 0 Å². The first-order valence-electron chi connectivity index (χ1n) is 3.96. The molecule has 0 aliphatic rings. The van der Waals surface area contributed by atoms with Gasteiger partial charge < -0.3 is 5.11 Å². The SMILES string of the molecule is CSc1ccc(CC(=O)O)c(C#N)c1. The third-order valence-corrected chi connectivity index (χ3v) is 2.50. The highest BCUT2D eigenvalue weighted by molar-refractivity contribution is 7.98. The Labute approximate surface area is 86.4 Å². The number of benzene rings is 1. The van der Waals surface area contributed by atoms with Crippen molar-refractivity contribution in [2.75, 3.05) is 6.26 Å². The van der Waals surface area contributed by atoms with E-state index in [0.29, 0.717) is 11.1 Å². The summed E-state index contributed by atoms with van der Waals surface area (Å²) in [5.41, 5.74) is 1.01. The summed E-state index contributed by atoms with van der Waals surface area (Å²) in [4.78, 5) is 11.4. The van der Waals surface area contributed by atoms with E-state index in [1.165, 1.54) is 11.8 Å². The van der Waals surface area contributed by atoms with Crippen LogP contribution >= 0.6 is 11.8 Å². The van der Waals surface area contributed by atoms with E-state index >= 15 is 0 Å². The van der Waals surface area contributed by atoms with Crippen molar-refractivity contribution in [2.24, 2.45) is 0 Å². The van der Waals surface area contributed by atoms with Crippen molar-refractivity contribution < 1.29 is 9.90 Å². The summed E-state index contributed by atoms with van der Waals surface area (Å²) in [7, 11) is 0. The summed E-state index contributed by atoms with van der Waals surface area (Å²) in [6.45, 7) is 0. The van der Waals surface area contributed by atoms with E-state index in [9.17, 15) is 4.79 Å². The van der Waals surface area contributed by atoms with Gasteiger partial charge >= 0.3 is 5.97 Å². The second-order valence-corrected chi connectivity index (χ2v) is 3.59. The summed E-state index contributed by atoms with van der Waals surface area (Å²) >= 11 is 1.53. The van der Waals surface area contributed by atoms with Gasteiger partial charge in [0.25, 0.3) is 0 Å². The molecule has 1 aromatic rings. The Kier molecular flexibility index (Phi) is 3.55. The summed E-state index contributed by atoms with van der Waals surface area (Å²) < 4.78 is 0. The number of nitrogens with zero attached hydrogens (tertiary/aromatic N) is 1. The molecule has 0 fully saturated rings. The summed E-state index contributed by atoms with van der Waals surface area (Å²) in [5.74, 6) is -0.918. The van der Waals surface area contributed by atoms with Crippen LogP contribution in [0.15, 0.2) is 23.1 Å². The molecule has 0 aromatic heterocycles. The highest BCUT2D eigenvalue weighted by Gasteiger charge is 2.06. The quantitative estimate of drug-likeness (QED) is 0.769. The molecule has 0 saturated heterocycles. The minimum Gasteiger partial charge on any atom is -0.481 e. The predicted molar refractivity (Wildman–Crippen MR) is 54.3 cm³/mol. The van der Waals surface area contributed by atoms with E-state index in [2.05, 4.69) is 0 Å². The Morgan fingerprint density at radius 3 is 2.86 bits per heavy atom. The minimum atomic E-state index is -0.918. The monoisotopic (exact) mass is 207 g/mol. The third kappa shape index (κ3) is 2.51.